The molecule has 1 aromatic rings. The van der Waals surface area contributed by atoms with E-state index in [9.17, 15) is 9.59 Å². The molecule has 0 aliphatic heterocycles. The van der Waals surface area contributed by atoms with Gasteiger partial charge >= 0.3 is 11.9 Å². The summed E-state index contributed by atoms with van der Waals surface area (Å²) in [5, 5.41) is 11.6. The number of carbonyl (C=O) groups excluding carboxylic acids is 1. The van der Waals surface area contributed by atoms with Crippen LogP contribution in [0.4, 0.5) is 0 Å². The van der Waals surface area contributed by atoms with E-state index in [0.717, 1.165) is 0 Å². The summed E-state index contributed by atoms with van der Waals surface area (Å²) >= 11 is 0. The molecule has 2 N–H and O–H groups in total. The Balaban J connectivity index is 2.49. The Morgan fingerprint density at radius 3 is 2.76 bits per heavy atom. The van der Waals surface area contributed by atoms with Crippen molar-refractivity contribution < 1.29 is 23.8 Å². The van der Waals surface area contributed by atoms with E-state index in [2.05, 4.69) is 5.32 Å². The number of ether oxygens (including phenoxy) is 1. The van der Waals surface area contributed by atoms with Crippen molar-refractivity contribution in [3.8, 4) is 0 Å². The molecule has 0 saturated heterocycles. The molecule has 1 atom stereocenters. The molecule has 0 saturated carbocycles. The Hall–Kier alpha value is -1.82. The molecule has 1 unspecified atom stereocenters. The normalized spacial score (nSPS) is 12.1. The SMILES string of the molecule is CCOC(=O)CNC(C)c1ccc(C(=O)O)o1. The molecular weight excluding hydrogens is 226 g/mol. The third-order valence-corrected chi connectivity index (χ3v) is 2.12. The molecule has 94 valence electrons. The number of furan rings is 1. The summed E-state index contributed by atoms with van der Waals surface area (Å²) in [4.78, 5) is 21.7. The summed E-state index contributed by atoms with van der Waals surface area (Å²) in [6.45, 7) is 3.88. The molecule has 0 radical (unpaired) electrons. The zero-order valence-electron chi connectivity index (χ0n) is 9.73. The van der Waals surface area contributed by atoms with Gasteiger partial charge in [-0.25, -0.2) is 4.79 Å². The summed E-state index contributed by atoms with van der Waals surface area (Å²) in [7, 11) is 0. The maximum absolute atomic E-state index is 11.1. The molecule has 1 heterocycles. The zero-order valence-corrected chi connectivity index (χ0v) is 9.73. The van der Waals surface area contributed by atoms with Gasteiger partial charge in [-0.3, -0.25) is 10.1 Å². The van der Waals surface area contributed by atoms with Crippen molar-refractivity contribution in [2.24, 2.45) is 0 Å². The minimum absolute atomic E-state index is 0.0537. The lowest BCUT2D eigenvalue weighted by Gasteiger charge is -2.10. The Kier molecular flexibility index (Phi) is 4.71. The zero-order chi connectivity index (χ0) is 12.8. The van der Waals surface area contributed by atoms with Crippen molar-refractivity contribution >= 4 is 11.9 Å². The highest BCUT2D eigenvalue weighted by Crippen LogP contribution is 2.15. The Morgan fingerprint density at radius 2 is 2.24 bits per heavy atom. The molecule has 1 rings (SSSR count). The van der Waals surface area contributed by atoms with Crippen LogP contribution in [-0.2, 0) is 9.53 Å². The first-order valence-corrected chi connectivity index (χ1v) is 5.26. The van der Waals surface area contributed by atoms with E-state index < -0.39 is 5.97 Å². The largest absolute Gasteiger partial charge is 0.475 e. The van der Waals surface area contributed by atoms with Gasteiger partial charge in [0.05, 0.1) is 19.2 Å². The second kappa shape index (κ2) is 6.05. The minimum atomic E-state index is -1.12. The van der Waals surface area contributed by atoms with Crippen molar-refractivity contribution in [2.75, 3.05) is 13.2 Å². The van der Waals surface area contributed by atoms with Crippen molar-refractivity contribution in [3.05, 3.63) is 23.7 Å². The van der Waals surface area contributed by atoms with Crippen LogP contribution < -0.4 is 5.32 Å². The number of aromatic carboxylic acids is 1. The van der Waals surface area contributed by atoms with E-state index in [0.29, 0.717) is 12.4 Å². The number of carboxylic acids is 1. The van der Waals surface area contributed by atoms with Gasteiger partial charge in [0.15, 0.2) is 0 Å². The highest BCUT2D eigenvalue weighted by Gasteiger charge is 2.14. The van der Waals surface area contributed by atoms with Gasteiger partial charge < -0.3 is 14.3 Å². The van der Waals surface area contributed by atoms with Gasteiger partial charge in [-0.05, 0) is 26.0 Å². The molecule has 1 aromatic heterocycles. The van der Waals surface area contributed by atoms with Gasteiger partial charge in [0.25, 0.3) is 0 Å². The smallest absolute Gasteiger partial charge is 0.371 e. The first-order chi connectivity index (χ1) is 8.04. The average molecular weight is 241 g/mol. The van der Waals surface area contributed by atoms with Crippen molar-refractivity contribution in [1.82, 2.24) is 5.32 Å². The minimum Gasteiger partial charge on any atom is -0.475 e. The van der Waals surface area contributed by atoms with Gasteiger partial charge in [0.1, 0.15) is 5.76 Å². The fourth-order valence-electron chi connectivity index (χ4n) is 1.25. The van der Waals surface area contributed by atoms with Crippen molar-refractivity contribution in [2.45, 2.75) is 19.9 Å². The van der Waals surface area contributed by atoms with Crippen LogP contribution in [0.2, 0.25) is 0 Å². The topological polar surface area (TPSA) is 88.8 Å². The third kappa shape index (κ3) is 3.92. The van der Waals surface area contributed by atoms with Gasteiger partial charge in [0.2, 0.25) is 5.76 Å². The molecule has 0 spiro atoms. The highest BCUT2D eigenvalue weighted by molar-refractivity contribution is 5.84. The van der Waals surface area contributed by atoms with Crippen LogP contribution in [0, 0.1) is 0 Å². The standard InChI is InChI=1S/C11H15NO5/c1-3-16-10(13)6-12-7(2)8-4-5-9(17-8)11(14)15/h4-5,7,12H,3,6H2,1-2H3,(H,14,15). The molecule has 6 nitrogen and oxygen atoms in total. The quantitative estimate of drug-likeness (QED) is 0.727. The first kappa shape index (κ1) is 13.2. The molecule has 0 amide bonds. The maximum atomic E-state index is 11.1. The number of nitrogens with one attached hydrogen (secondary N) is 1. The molecule has 0 aliphatic rings. The van der Waals surface area contributed by atoms with Gasteiger partial charge in [-0.15, -0.1) is 0 Å². The Labute approximate surface area is 98.6 Å². The molecule has 17 heavy (non-hydrogen) atoms. The summed E-state index contributed by atoms with van der Waals surface area (Å²) in [5.41, 5.74) is 0. The first-order valence-electron chi connectivity index (χ1n) is 5.26. The number of rotatable bonds is 6. The fourth-order valence-corrected chi connectivity index (χ4v) is 1.25. The number of carboxylic acid groups (broad SMARTS) is 1. The Morgan fingerprint density at radius 1 is 1.53 bits per heavy atom. The molecule has 0 aromatic carbocycles. The number of esters is 1. The van der Waals surface area contributed by atoms with E-state index in [1.54, 1.807) is 19.9 Å². The second-order valence-electron chi connectivity index (χ2n) is 3.41. The molecule has 6 heteroatoms. The molecule has 0 bridgehead atoms. The van der Waals surface area contributed by atoms with E-state index >= 15 is 0 Å². The van der Waals surface area contributed by atoms with E-state index in [1.807, 2.05) is 0 Å². The number of hydrogen-bond acceptors (Lipinski definition) is 5. The maximum Gasteiger partial charge on any atom is 0.371 e. The Bertz CT molecular complexity index is 398. The fraction of sp³-hybridized carbons (Fsp3) is 0.455. The van der Waals surface area contributed by atoms with Crippen LogP contribution in [0.15, 0.2) is 16.5 Å². The third-order valence-electron chi connectivity index (χ3n) is 2.12. The molecule has 0 aliphatic carbocycles. The lowest BCUT2D eigenvalue weighted by atomic mass is 10.2. The summed E-state index contributed by atoms with van der Waals surface area (Å²) in [6.07, 6.45) is 0. The molecular formula is C11H15NO5. The summed E-state index contributed by atoms with van der Waals surface area (Å²) in [6, 6.07) is 2.68. The second-order valence-corrected chi connectivity index (χ2v) is 3.41. The molecule has 0 fully saturated rings. The van der Waals surface area contributed by atoms with Crippen LogP contribution >= 0.6 is 0 Å². The highest BCUT2D eigenvalue weighted by atomic mass is 16.5. The monoisotopic (exact) mass is 241 g/mol. The average Bonchev–Trinajstić information content (AvgIpc) is 2.75. The van der Waals surface area contributed by atoms with Gasteiger partial charge in [0, 0.05) is 0 Å². The van der Waals surface area contributed by atoms with E-state index in [1.165, 1.54) is 6.07 Å². The van der Waals surface area contributed by atoms with Crippen molar-refractivity contribution in [1.29, 1.82) is 0 Å². The lowest BCUT2D eigenvalue weighted by Crippen LogP contribution is -2.27. The summed E-state index contributed by atoms with van der Waals surface area (Å²) < 4.78 is 9.83. The van der Waals surface area contributed by atoms with Crippen LogP contribution in [0.3, 0.4) is 0 Å². The van der Waals surface area contributed by atoms with Crippen LogP contribution in [0.5, 0.6) is 0 Å². The number of hydrogen-bond donors (Lipinski definition) is 2. The predicted molar refractivity (Wildman–Crippen MR) is 58.7 cm³/mol. The lowest BCUT2D eigenvalue weighted by molar-refractivity contribution is -0.142. The predicted octanol–water partition coefficient (Wildman–Crippen LogP) is 1.19. The van der Waals surface area contributed by atoms with Gasteiger partial charge in [-0.1, -0.05) is 0 Å². The van der Waals surface area contributed by atoms with E-state index in [4.69, 9.17) is 14.3 Å². The van der Waals surface area contributed by atoms with Crippen LogP contribution in [-0.4, -0.2) is 30.2 Å². The van der Waals surface area contributed by atoms with E-state index in [-0.39, 0.29) is 24.3 Å². The van der Waals surface area contributed by atoms with Crippen LogP contribution in [0.25, 0.3) is 0 Å². The number of carbonyl (C=O) groups is 2. The summed E-state index contributed by atoms with van der Waals surface area (Å²) in [5.74, 6) is -1.13. The van der Waals surface area contributed by atoms with Crippen molar-refractivity contribution in [3.63, 3.8) is 0 Å². The van der Waals surface area contributed by atoms with Crippen LogP contribution in [0.1, 0.15) is 36.2 Å². The van der Waals surface area contributed by atoms with Gasteiger partial charge in [-0.2, -0.15) is 0 Å².